The van der Waals surface area contributed by atoms with Crippen molar-refractivity contribution in [2.75, 3.05) is 31.1 Å². The monoisotopic (exact) mass is 288 g/mol. The van der Waals surface area contributed by atoms with Crippen molar-refractivity contribution in [3.8, 4) is 0 Å². The van der Waals surface area contributed by atoms with Crippen LogP contribution < -0.4 is 4.90 Å². The van der Waals surface area contributed by atoms with Crippen molar-refractivity contribution in [1.29, 1.82) is 0 Å². The molecule has 1 aromatic rings. The predicted octanol–water partition coefficient (Wildman–Crippen LogP) is 1.25. The molecule has 20 heavy (non-hydrogen) atoms. The Morgan fingerprint density at radius 1 is 1.25 bits per heavy atom. The number of carbonyl (C=O) groups is 1. The molecule has 0 spiro atoms. The van der Waals surface area contributed by atoms with Crippen molar-refractivity contribution in [3.05, 3.63) is 18.1 Å². The summed E-state index contributed by atoms with van der Waals surface area (Å²) in [5.74, 6) is 0.479. The molecule has 0 radical (unpaired) electrons. The molecule has 0 N–H and O–H groups in total. The second-order valence-corrected chi connectivity index (χ2v) is 4.65. The van der Waals surface area contributed by atoms with E-state index in [1.807, 2.05) is 4.90 Å². The third-order valence-electron chi connectivity index (χ3n) is 3.14. The highest BCUT2D eigenvalue weighted by atomic mass is 19.4. The van der Waals surface area contributed by atoms with Crippen LogP contribution in [0.3, 0.4) is 0 Å². The minimum absolute atomic E-state index is 0.00472. The summed E-state index contributed by atoms with van der Waals surface area (Å²) in [5.41, 5.74) is -0.0449. The summed E-state index contributed by atoms with van der Waals surface area (Å²) >= 11 is 0. The Morgan fingerprint density at radius 2 is 1.90 bits per heavy atom. The highest BCUT2D eigenvalue weighted by molar-refractivity contribution is 5.73. The van der Waals surface area contributed by atoms with E-state index in [2.05, 4.69) is 9.97 Å². The first-order valence-corrected chi connectivity index (χ1v) is 6.23. The topological polar surface area (TPSA) is 49.3 Å². The van der Waals surface area contributed by atoms with E-state index in [1.54, 1.807) is 4.90 Å². The third kappa shape index (κ3) is 3.82. The number of halogens is 3. The SMILES string of the molecule is CC(=O)N1CCN(c2cc(CC(F)(F)F)ncn2)CC1. The molecule has 0 atom stereocenters. The number of alkyl halides is 3. The Hall–Kier alpha value is -1.86. The summed E-state index contributed by atoms with van der Waals surface area (Å²) in [6.07, 6.45) is -4.19. The molecule has 0 aromatic carbocycles. The van der Waals surface area contributed by atoms with Crippen molar-refractivity contribution in [3.63, 3.8) is 0 Å². The molecule has 1 amide bonds. The van der Waals surface area contributed by atoms with Gasteiger partial charge in [-0.25, -0.2) is 9.97 Å². The first-order valence-electron chi connectivity index (χ1n) is 6.23. The lowest BCUT2D eigenvalue weighted by atomic mass is 10.2. The number of rotatable bonds is 2. The van der Waals surface area contributed by atoms with Gasteiger partial charge < -0.3 is 9.80 Å². The molecule has 8 heteroatoms. The first-order chi connectivity index (χ1) is 9.35. The Balaban J connectivity index is 2.03. The lowest BCUT2D eigenvalue weighted by molar-refractivity contribution is -0.129. The maximum atomic E-state index is 12.3. The van der Waals surface area contributed by atoms with Gasteiger partial charge in [0.1, 0.15) is 12.1 Å². The second kappa shape index (κ2) is 5.64. The van der Waals surface area contributed by atoms with Crippen LogP contribution in [0.4, 0.5) is 19.0 Å². The van der Waals surface area contributed by atoms with Gasteiger partial charge in [-0.05, 0) is 0 Å². The van der Waals surface area contributed by atoms with Crippen molar-refractivity contribution in [2.45, 2.75) is 19.5 Å². The van der Waals surface area contributed by atoms with E-state index in [-0.39, 0.29) is 11.6 Å². The van der Waals surface area contributed by atoms with Crippen molar-refractivity contribution in [2.24, 2.45) is 0 Å². The fraction of sp³-hybridized carbons (Fsp3) is 0.583. The lowest BCUT2D eigenvalue weighted by Crippen LogP contribution is -2.48. The van der Waals surface area contributed by atoms with Crippen LogP contribution in [0.5, 0.6) is 0 Å². The normalized spacial score (nSPS) is 16.4. The maximum absolute atomic E-state index is 12.3. The molecule has 2 heterocycles. The van der Waals surface area contributed by atoms with Gasteiger partial charge in [-0.3, -0.25) is 4.79 Å². The average Bonchev–Trinajstić information content (AvgIpc) is 2.37. The van der Waals surface area contributed by atoms with Crippen molar-refractivity contribution in [1.82, 2.24) is 14.9 Å². The molecular weight excluding hydrogens is 273 g/mol. The fourth-order valence-electron chi connectivity index (χ4n) is 2.11. The van der Waals surface area contributed by atoms with Crippen LogP contribution in [0, 0.1) is 0 Å². The minimum atomic E-state index is -4.28. The molecule has 2 rings (SSSR count). The number of piperazine rings is 1. The Bertz CT molecular complexity index is 484. The van der Waals surface area contributed by atoms with Crippen LogP contribution >= 0.6 is 0 Å². The van der Waals surface area contributed by atoms with E-state index in [9.17, 15) is 18.0 Å². The summed E-state index contributed by atoms with van der Waals surface area (Å²) in [4.78, 5) is 22.4. The standard InChI is InChI=1S/C12H15F3N4O/c1-9(20)18-2-4-19(5-3-18)11-6-10(16-8-17-11)7-12(13,14)15/h6,8H,2-5,7H2,1H3. The highest BCUT2D eigenvalue weighted by Crippen LogP contribution is 2.22. The molecule has 0 saturated carbocycles. The number of hydrogen-bond acceptors (Lipinski definition) is 4. The largest absolute Gasteiger partial charge is 0.394 e. The molecule has 110 valence electrons. The van der Waals surface area contributed by atoms with E-state index in [1.165, 1.54) is 13.0 Å². The molecule has 0 bridgehead atoms. The van der Waals surface area contributed by atoms with Crippen molar-refractivity contribution >= 4 is 11.7 Å². The summed E-state index contributed by atoms with van der Waals surface area (Å²) < 4.78 is 37.0. The van der Waals surface area contributed by atoms with E-state index in [0.29, 0.717) is 32.0 Å². The Labute approximate surface area is 114 Å². The fourth-order valence-corrected chi connectivity index (χ4v) is 2.11. The molecule has 0 unspecified atom stereocenters. The van der Waals surface area contributed by atoms with Crippen LogP contribution in [0.1, 0.15) is 12.6 Å². The predicted molar refractivity (Wildman–Crippen MR) is 66.3 cm³/mol. The number of hydrogen-bond donors (Lipinski definition) is 0. The second-order valence-electron chi connectivity index (χ2n) is 4.65. The van der Waals surface area contributed by atoms with E-state index < -0.39 is 12.6 Å². The summed E-state index contributed by atoms with van der Waals surface area (Å²) in [7, 11) is 0. The number of anilines is 1. The summed E-state index contributed by atoms with van der Waals surface area (Å²) in [6.45, 7) is 3.72. The van der Waals surface area contributed by atoms with Crippen LogP contribution in [-0.2, 0) is 11.2 Å². The van der Waals surface area contributed by atoms with E-state index in [4.69, 9.17) is 0 Å². The molecule has 5 nitrogen and oxygen atoms in total. The van der Waals surface area contributed by atoms with Crippen LogP contribution in [0.15, 0.2) is 12.4 Å². The molecule has 1 saturated heterocycles. The van der Waals surface area contributed by atoms with Gasteiger partial charge in [-0.1, -0.05) is 0 Å². The Kier molecular flexibility index (Phi) is 4.10. The van der Waals surface area contributed by atoms with Gasteiger partial charge in [-0.15, -0.1) is 0 Å². The highest BCUT2D eigenvalue weighted by Gasteiger charge is 2.29. The first kappa shape index (κ1) is 14.5. The zero-order chi connectivity index (χ0) is 14.8. The number of carbonyl (C=O) groups excluding carboxylic acids is 1. The number of amides is 1. The van der Waals surface area contributed by atoms with Gasteiger partial charge >= 0.3 is 6.18 Å². The number of nitrogens with zero attached hydrogens (tertiary/aromatic N) is 4. The van der Waals surface area contributed by atoms with Gasteiger partial charge in [0.25, 0.3) is 0 Å². The van der Waals surface area contributed by atoms with Crippen LogP contribution in [-0.4, -0.2) is 53.1 Å². The lowest BCUT2D eigenvalue weighted by Gasteiger charge is -2.34. The third-order valence-corrected chi connectivity index (χ3v) is 3.14. The molecule has 1 aliphatic rings. The average molecular weight is 288 g/mol. The summed E-state index contributed by atoms with van der Waals surface area (Å²) in [5, 5.41) is 0. The maximum Gasteiger partial charge on any atom is 0.394 e. The van der Waals surface area contributed by atoms with E-state index >= 15 is 0 Å². The van der Waals surface area contributed by atoms with Crippen LogP contribution in [0.25, 0.3) is 0 Å². The summed E-state index contributed by atoms with van der Waals surface area (Å²) in [6, 6.07) is 1.36. The van der Waals surface area contributed by atoms with Crippen LogP contribution in [0.2, 0.25) is 0 Å². The zero-order valence-corrected chi connectivity index (χ0v) is 11.0. The van der Waals surface area contributed by atoms with Gasteiger partial charge in [0, 0.05) is 39.2 Å². The molecule has 1 aromatic heterocycles. The van der Waals surface area contributed by atoms with Gasteiger partial charge in [-0.2, -0.15) is 13.2 Å². The van der Waals surface area contributed by atoms with E-state index in [0.717, 1.165) is 6.33 Å². The number of aromatic nitrogens is 2. The van der Waals surface area contributed by atoms with Gasteiger partial charge in [0.15, 0.2) is 0 Å². The quantitative estimate of drug-likeness (QED) is 0.822. The smallest absolute Gasteiger partial charge is 0.353 e. The molecular formula is C12H15F3N4O. The van der Waals surface area contributed by atoms with Gasteiger partial charge in [0.05, 0.1) is 12.1 Å². The van der Waals surface area contributed by atoms with Gasteiger partial charge in [0.2, 0.25) is 5.91 Å². The van der Waals surface area contributed by atoms with Crippen molar-refractivity contribution < 1.29 is 18.0 Å². The Morgan fingerprint density at radius 3 is 2.45 bits per heavy atom. The minimum Gasteiger partial charge on any atom is -0.353 e. The zero-order valence-electron chi connectivity index (χ0n) is 11.0. The molecule has 1 aliphatic heterocycles. The molecule has 1 fully saturated rings. The molecule has 0 aliphatic carbocycles.